The highest BCUT2D eigenvalue weighted by molar-refractivity contribution is 5.99. The molecule has 1 aliphatic heterocycles. The summed E-state index contributed by atoms with van der Waals surface area (Å²) >= 11 is 0. The highest BCUT2D eigenvalue weighted by atomic mass is 19.2. The first-order valence-electron chi connectivity index (χ1n) is 4.83. The fourth-order valence-electron chi connectivity index (χ4n) is 1.72. The Bertz CT molecular complexity index is 465. The van der Waals surface area contributed by atoms with Gasteiger partial charge in [-0.3, -0.25) is 4.79 Å². The molecule has 0 spiro atoms. The highest BCUT2D eigenvalue weighted by Crippen LogP contribution is 2.30. The van der Waals surface area contributed by atoms with E-state index in [9.17, 15) is 22.4 Å². The van der Waals surface area contributed by atoms with Gasteiger partial charge in [-0.25, -0.2) is 17.6 Å². The second-order valence-corrected chi connectivity index (χ2v) is 3.70. The van der Waals surface area contributed by atoms with Gasteiger partial charge in [0.15, 0.2) is 23.3 Å². The van der Waals surface area contributed by atoms with E-state index in [1.165, 1.54) is 0 Å². The maximum Gasteiger partial charge on any atom is 0.244 e. The van der Waals surface area contributed by atoms with E-state index in [1.54, 1.807) is 0 Å². The van der Waals surface area contributed by atoms with Crippen LogP contribution in [0, 0.1) is 23.3 Å². The van der Waals surface area contributed by atoms with Crippen molar-refractivity contribution in [3.05, 3.63) is 29.3 Å². The van der Waals surface area contributed by atoms with Gasteiger partial charge in [-0.15, -0.1) is 0 Å². The number of hydrogen-bond acceptors (Lipinski definition) is 2. The minimum atomic E-state index is -1.59. The van der Waals surface area contributed by atoms with Crippen LogP contribution in [0.25, 0.3) is 0 Å². The SMILES string of the molecule is NC1CCN(c2c(F)c(F)cc(F)c2F)C1=O. The monoisotopic (exact) mass is 248 g/mol. The van der Waals surface area contributed by atoms with Crippen LogP contribution in [0.15, 0.2) is 6.07 Å². The fourth-order valence-corrected chi connectivity index (χ4v) is 1.72. The van der Waals surface area contributed by atoms with E-state index in [0.29, 0.717) is 4.90 Å². The number of nitrogens with zero attached hydrogens (tertiary/aromatic N) is 1. The zero-order valence-corrected chi connectivity index (χ0v) is 8.51. The van der Waals surface area contributed by atoms with E-state index in [2.05, 4.69) is 0 Å². The summed E-state index contributed by atoms with van der Waals surface area (Å²) in [6, 6.07) is -0.811. The Kier molecular flexibility index (Phi) is 2.78. The molecule has 92 valence electrons. The number of carbonyl (C=O) groups excluding carboxylic acids is 1. The van der Waals surface area contributed by atoms with Crippen molar-refractivity contribution < 1.29 is 22.4 Å². The normalized spacial score (nSPS) is 20.2. The molecule has 0 aromatic heterocycles. The smallest absolute Gasteiger partial charge is 0.244 e. The molecule has 1 fully saturated rings. The van der Waals surface area contributed by atoms with Crippen LogP contribution in [0.2, 0.25) is 0 Å². The predicted octanol–water partition coefficient (Wildman–Crippen LogP) is 1.31. The minimum absolute atomic E-state index is 0.0727. The lowest BCUT2D eigenvalue weighted by molar-refractivity contribution is -0.118. The number of rotatable bonds is 1. The quantitative estimate of drug-likeness (QED) is 0.601. The Morgan fingerprint density at radius 2 is 1.71 bits per heavy atom. The molecular weight excluding hydrogens is 240 g/mol. The first-order valence-corrected chi connectivity index (χ1v) is 4.83. The first-order chi connectivity index (χ1) is 7.93. The van der Waals surface area contributed by atoms with Gasteiger partial charge in [-0.05, 0) is 6.42 Å². The third-order valence-corrected chi connectivity index (χ3v) is 2.61. The van der Waals surface area contributed by atoms with Gasteiger partial charge < -0.3 is 10.6 Å². The molecule has 2 rings (SSSR count). The zero-order valence-electron chi connectivity index (χ0n) is 8.51. The largest absolute Gasteiger partial charge is 0.320 e. The molecule has 1 heterocycles. The fraction of sp³-hybridized carbons (Fsp3) is 0.300. The lowest BCUT2D eigenvalue weighted by Crippen LogP contribution is -2.35. The molecule has 1 atom stereocenters. The Hall–Kier alpha value is -1.63. The van der Waals surface area contributed by atoms with Gasteiger partial charge >= 0.3 is 0 Å². The van der Waals surface area contributed by atoms with Gasteiger partial charge in [0, 0.05) is 12.6 Å². The number of benzene rings is 1. The Morgan fingerprint density at radius 1 is 1.18 bits per heavy atom. The number of carbonyl (C=O) groups is 1. The lowest BCUT2D eigenvalue weighted by Gasteiger charge is -2.18. The molecule has 17 heavy (non-hydrogen) atoms. The van der Waals surface area contributed by atoms with Crippen LogP contribution < -0.4 is 10.6 Å². The topological polar surface area (TPSA) is 46.3 Å². The van der Waals surface area contributed by atoms with Crippen molar-refractivity contribution >= 4 is 11.6 Å². The molecule has 0 saturated carbocycles. The standard InChI is InChI=1S/C10H8F4N2O/c11-4-3-5(12)8(14)9(7(4)13)16-2-1-6(15)10(16)17/h3,6H,1-2,15H2. The second kappa shape index (κ2) is 3.99. The van der Waals surface area contributed by atoms with Crippen molar-refractivity contribution in [3.8, 4) is 0 Å². The third-order valence-electron chi connectivity index (χ3n) is 2.61. The molecule has 0 radical (unpaired) electrons. The Labute approximate surface area is 93.8 Å². The summed E-state index contributed by atoms with van der Waals surface area (Å²) in [7, 11) is 0. The minimum Gasteiger partial charge on any atom is -0.320 e. The maximum atomic E-state index is 13.4. The van der Waals surface area contributed by atoms with E-state index in [0.717, 1.165) is 0 Å². The lowest BCUT2D eigenvalue weighted by atomic mass is 10.2. The number of halogens is 4. The van der Waals surface area contributed by atoms with Crippen molar-refractivity contribution in [3.63, 3.8) is 0 Å². The molecule has 1 aliphatic rings. The van der Waals surface area contributed by atoms with Crippen LogP contribution in [-0.4, -0.2) is 18.5 Å². The molecule has 1 amide bonds. The van der Waals surface area contributed by atoms with Crippen LogP contribution in [-0.2, 0) is 4.79 Å². The molecule has 1 aromatic carbocycles. The molecule has 0 bridgehead atoms. The predicted molar refractivity (Wildman–Crippen MR) is 51.2 cm³/mol. The van der Waals surface area contributed by atoms with Crippen LogP contribution >= 0.6 is 0 Å². The van der Waals surface area contributed by atoms with Crippen molar-refractivity contribution in [1.82, 2.24) is 0 Å². The summed E-state index contributed by atoms with van der Waals surface area (Å²) in [4.78, 5) is 12.1. The van der Waals surface area contributed by atoms with Crippen LogP contribution in [0.3, 0.4) is 0 Å². The van der Waals surface area contributed by atoms with Gasteiger partial charge in [0.1, 0.15) is 5.69 Å². The van der Waals surface area contributed by atoms with E-state index in [1.807, 2.05) is 0 Å². The molecule has 1 unspecified atom stereocenters. The van der Waals surface area contributed by atoms with Gasteiger partial charge in [0.05, 0.1) is 6.04 Å². The molecule has 7 heteroatoms. The van der Waals surface area contributed by atoms with Gasteiger partial charge in [-0.1, -0.05) is 0 Å². The molecule has 1 saturated heterocycles. The van der Waals surface area contributed by atoms with E-state index >= 15 is 0 Å². The van der Waals surface area contributed by atoms with Gasteiger partial charge in [0.25, 0.3) is 0 Å². The summed E-state index contributed by atoms with van der Waals surface area (Å²) in [5.41, 5.74) is 4.35. The molecular formula is C10H8F4N2O. The van der Waals surface area contributed by atoms with E-state index < -0.39 is 40.9 Å². The van der Waals surface area contributed by atoms with Crippen molar-refractivity contribution in [2.24, 2.45) is 5.73 Å². The number of amides is 1. The Balaban J connectivity index is 2.56. The van der Waals surface area contributed by atoms with Crippen LogP contribution in [0.4, 0.5) is 23.2 Å². The van der Waals surface area contributed by atoms with Gasteiger partial charge in [0.2, 0.25) is 5.91 Å². The maximum absolute atomic E-state index is 13.4. The van der Waals surface area contributed by atoms with Crippen LogP contribution in [0.5, 0.6) is 0 Å². The number of anilines is 1. The first kappa shape index (κ1) is 11.8. The summed E-state index contributed by atoms with van der Waals surface area (Å²) in [6.07, 6.45) is 0.176. The highest BCUT2D eigenvalue weighted by Gasteiger charge is 2.35. The van der Waals surface area contributed by atoms with E-state index in [4.69, 9.17) is 5.73 Å². The zero-order chi connectivity index (χ0) is 12.7. The Morgan fingerprint density at radius 3 is 2.12 bits per heavy atom. The number of hydrogen-bond donors (Lipinski definition) is 1. The molecule has 1 aromatic rings. The average molecular weight is 248 g/mol. The van der Waals surface area contributed by atoms with Crippen LogP contribution in [0.1, 0.15) is 6.42 Å². The molecule has 0 aliphatic carbocycles. The van der Waals surface area contributed by atoms with Crippen molar-refractivity contribution in [2.45, 2.75) is 12.5 Å². The van der Waals surface area contributed by atoms with Gasteiger partial charge in [-0.2, -0.15) is 0 Å². The third kappa shape index (κ3) is 1.76. The van der Waals surface area contributed by atoms with Crippen molar-refractivity contribution in [2.75, 3.05) is 11.4 Å². The summed E-state index contributed by atoms with van der Waals surface area (Å²) in [5, 5.41) is 0. The summed E-state index contributed by atoms with van der Waals surface area (Å²) in [6.45, 7) is -0.0727. The number of nitrogens with two attached hydrogens (primary N) is 1. The molecule has 3 nitrogen and oxygen atoms in total. The summed E-state index contributed by atoms with van der Waals surface area (Å²) < 4.78 is 52.7. The average Bonchev–Trinajstić information content (AvgIpc) is 2.59. The van der Waals surface area contributed by atoms with E-state index in [-0.39, 0.29) is 19.0 Å². The second-order valence-electron chi connectivity index (χ2n) is 3.70. The molecule has 2 N–H and O–H groups in total. The summed E-state index contributed by atoms with van der Waals surface area (Å²) in [5.74, 6) is -7.04. The van der Waals surface area contributed by atoms with Crippen molar-refractivity contribution in [1.29, 1.82) is 0 Å².